The number of rotatable bonds is 13. The van der Waals surface area contributed by atoms with Gasteiger partial charge in [0.2, 0.25) is 21.8 Å². The molecule has 3 atom stereocenters. The van der Waals surface area contributed by atoms with E-state index in [9.17, 15) is 28.1 Å². The molecule has 1 saturated heterocycles. The summed E-state index contributed by atoms with van der Waals surface area (Å²) in [5.41, 5.74) is 7.32. The van der Waals surface area contributed by atoms with Gasteiger partial charge in [-0.1, -0.05) is 42.5 Å². The summed E-state index contributed by atoms with van der Waals surface area (Å²) in [6.45, 7) is 1.81. The number of nitrogens with zero attached hydrogens (tertiary/aromatic N) is 4. The lowest BCUT2D eigenvalue weighted by atomic mass is 10.0. The largest absolute Gasteiger partial charge is 0.364 e. The smallest absolute Gasteiger partial charge is 0.270 e. The molecule has 0 aromatic heterocycles. The van der Waals surface area contributed by atoms with Gasteiger partial charge >= 0.3 is 0 Å². The number of nitro groups is 1. The van der Waals surface area contributed by atoms with E-state index in [2.05, 4.69) is 20.5 Å². The van der Waals surface area contributed by atoms with Gasteiger partial charge in [0, 0.05) is 13.2 Å². The third-order valence-corrected chi connectivity index (χ3v) is 7.87. The van der Waals surface area contributed by atoms with Crippen molar-refractivity contribution in [2.45, 2.75) is 50.3 Å². The maximum absolute atomic E-state index is 13.2. The molecule has 5 N–H and O–H groups in total. The van der Waals surface area contributed by atoms with Gasteiger partial charge in [0.05, 0.1) is 30.0 Å². The van der Waals surface area contributed by atoms with E-state index >= 15 is 0 Å². The van der Waals surface area contributed by atoms with E-state index in [1.807, 2.05) is 6.07 Å². The summed E-state index contributed by atoms with van der Waals surface area (Å²) in [5.74, 6) is -2.03. The van der Waals surface area contributed by atoms with Crippen molar-refractivity contribution in [2.24, 2.45) is 10.8 Å². The standard InChI is InChI=1S/C27H34N8O7S/c1-2-42-26-22(9-6-14-34(26)27(29)32-35(38)39)31-24(36)17-30-25(37)23(15-19-10-12-20(16-28)13-11-19)33-43(40,41)18-21-7-4-3-5-8-21/h3-5,7-8,10-13,22-23,26,33H,2,6,9,14-15,17-18H2,1H3,(H2,29,32)(H,30,37)(H,31,36)/t22?,23-,26?/m1/s1. The van der Waals surface area contributed by atoms with Crippen LogP contribution in [0.15, 0.2) is 59.7 Å². The van der Waals surface area contributed by atoms with Crippen molar-refractivity contribution in [3.05, 3.63) is 81.4 Å². The van der Waals surface area contributed by atoms with Gasteiger partial charge in [0.1, 0.15) is 11.1 Å². The van der Waals surface area contributed by atoms with Gasteiger partial charge in [0.25, 0.3) is 5.96 Å². The molecule has 1 fully saturated rings. The third kappa shape index (κ3) is 10.3. The number of sulfonamides is 1. The fourth-order valence-electron chi connectivity index (χ4n) is 4.61. The van der Waals surface area contributed by atoms with Crippen molar-refractivity contribution >= 4 is 27.8 Å². The highest BCUT2D eigenvalue weighted by molar-refractivity contribution is 7.88. The average molecular weight is 615 g/mol. The lowest BCUT2D eigenvalue weighted by molar-refractivity contribution is -0.486. The average Bonchev–Trinajstić information content (AvgIpc) is 2.96. The number of nitrogens with one attached hydrogen (secondary N) is 3. The summed E-state index contributed by atoms with van der Waals surface area (Å²) in [4.78, 5) is 38.3. The van der Waals surface area contributed by atoms with E-state index in [1.54, 1.807) is 61.5 Å². The van der Waals surface area contributed by atoms with E-state index in [1.165, 1.54) is 4.90 Å². The Morgan fingerprint density at radius 3 is 2.53 bits per heavy atom. The van der Waals surface area contributed by atoms with Crippen LogP contribution in [0.25, 0.3) is 0 Å². The Morgan fingerprint density at radius 1 is 1.21 bits per heavy atom. The molecule has 16 heteroatoms. The number of nitrogens with two attached hydrogens (primary N) is 1. The number of hydrogen-bond acceptors (Lipinski definition) is 8. The number of ether oxygens (including phenoxy) is 1. The van der Waals surface area contributed by atoms with Crippen LogP contribution >= 0.6 is 0 Å². The number of nitriles is 1. The van der Waals surface area contributed by atoms with Crippen LogP contribution in [0.3, 0.4) is 0 Å². The molecule has 2 aromatic rings. The van der Waals surface area contributed by atoms with Gasteiger partial charge in [-0.3, -0.25) is 9.59 Å². The first-order valence-corrected chi connectivity index (χ1v) is 15.1. The number of carbonyl (C=O) groups excluding carboxylic acids is 2. The van der Waals surface area contributed by atoms with Crippen molar-refractivity contribution in [3.8, 4) is 6.07 Å². The second-order valence-electron chi connectivity index (χ2n) is 9.70. The molecule has 1 aliphatic rings. The van der Waals surface area contributed by atoms with Crippen molar-refractivity contribution < 1.29 is 27.8 Å². The molecule has 2 aromatic carbocycles. The second-order valence-corrected chi connectivity index (χ2v) is 11.5. The van der Waals surface area contributed by atoms with E-state index in [0.29, 0.717) is 36.1 Å². The van der Waals surface area contributed by atoms with Crippen LogP contribution in [0.5, 0.6) is 0 Å². The summed E-state index contributed by atoms with van der Waals surface area (Å²) < 4.78 is 34.1. The lowest BCUT2D eigenvalue weighted by Gasteiger charge is -2.40. The van der Waals surface area contributed by atoms with E-state index < -0.39 is 51.7 Å². The fourth-order valence-corrected chi connectivity index (χ4v) is 5.95. The number of guanidine groups is 1. The predicted molar refractivity (Wildman–Crippen MR) is 156 cm³/mol. The van der Waals surface area contributed by atoms with Crippen molar-refractivity contribution in [2.75, 3.05) is 19.7 Å². The van der Waals surface area contributed by atoms with Gasteiger partial charge in [-0.25, -0.2) is 23.3 Å². The van der Waals surface area contributed by atoms with Crippen LogP contribution in [0.1, 0.15) is 36.5 Å². The molecule has 230 valence electrons. The normalized spacial score (nSPS) is 17.9. The number of hydrazone groups is 1. The lowest BCUT2D eigenvalue weighted by Crippen LogP contribution is -2.60. The van der Waals surface area contributed by atoms with E-state index in [0.717, 1.165) is 0 Å². The van der Waals surface area contributed by atoms with Gasteiger partial charge in [-0.05, 0) is 49.4 Å². The predicted octanol–water partition coefficient (Wildman–Crippen LogP) is 0.155. The van der Waals surface area contributed by atoms with Gasteiger partial charge in [-0.15, -0.1) is 0 Å². The molecule has 2 unspecified atom stereocenters. The number of amides is 2. The quantitative estimate of drug-likeness (QED) is 0.103. The van der Waals surface area contributed by atoms with Crippen molar-refractivity contribution in [1.29, 1.82) is 5.26 Å². The second kappa shape index (κ2) is 15.6. The highest BCUT2D eigenvalue weighted by atomic mass is 32.2. The molecule has 1 aliphatic heterocycles. The molecule has 43 heavy (non-hydrogen) atoms. The SMILES string of the molecule is CCOC1C(NC(=O)CNC(=O)[C@@H](Cc2ccc(C#N)cc2)NS(=O)(=O)Cc2ccccc2)CCCN1/C(N)=N/[N+](=O)[O-]. The molecule has 1 heterocycles. The van der Waals surface area contributed by atoms with Crippen LogP contribution in [-0.4, -0.2) is 74.1 Å². The molecular weight excluding hydrogens is 580 g/mol. The summed E-state index contributed by atoms with van der Waals surface area (Å²) in [6, 6.07) is 14.9. The first kappa shape index (κ1) is 32.9. The van der Waals surface area contributed by atoms with Crippen LogP contribution in [0, 0.1) is 21.4 Å². The molecule has 0 radical (unpaired) electrons. The van der Waals surface area contributed by atoms with Crippen LogP contribution < -0.4 is 21.1 Å². The Kier molecular flexibility index (Phi) is 11.9. The maximum Gasteiger partial charge on any atom is 0.270 e. The molecule has 2 amide bonds. The first-order chi connectivity index (χ1) is 20.5. The summed E-state index contributed by atoms with van der Waals surface area (Å²) in [7, 11) is -3.97. The Hall–Kier alpha value is -4.59. The molecule has 0 bridgehead atoms. The van der Waals surface area contributed by atoms with E-state index in [-0.39, 0.29) is 24.7 Å². The Bertz CT molecular complexity index is 1450. The molecule has 0 saturated carbocycles. The Morgan fingerprint density at radius 2 is 1.91 bits per heavy atom. The minimum absolute atomic E-state index is 0.0355. The Balaban J connectivity index is 1.69. The Labute approximate surface area is 249 Å². The number of carbonyl (C=O) groups is 2. The monoisotopic (exact) mass is 614 g/mol. The van der Waals surface area contributed by atoms with Crippen LogP contribution in [-0.2, 0) is 36.5 Å². The zero-order chi connectivity index (χ0) is 31.4. The molecule has 0 aliphatic carbocycles. The minimum Gasteiger partial charge on any atom is -0.364 e. The maximum atomic E-state index is 13.2. The third-order valence-electron chi connectivity index (χ3n) is 6.51. The topological polar surface area (TPSA) is 222 Å². The minimum atomic E-state index is -3.97. The number of hydrogen-bond donors (Lipinski definition) is 4. The first-order valence-electron chi connectivity index (χ1n) is 13.5. The zero-order valence-electron chi connectivity index (χ0n) is 23.5. The summed E-state index contributed by atoms with van der Waals surface area (Å²) >= 11 is 0. The highest BCUT2D eigenvalue weighted by Crippen LogP contribution is 2.19. The van der Waals surface area contributed by atoms with Crippen LogP contribution in [0.2, 0.25) is 0 Å². The fraction of sp³-hybridized carbons (Fsp3) is 0.407. The van der Waals surface area contributed by atoms with Crippen molar-refractivity contribution in [1.82, 2.24) is 20.3 Å². The van der Waals surface area contributed by atoms with Gasteiger partial charge in [-0.2, -0.15) is 5.26 Å². The van der Waals surface area contributed by atoms with Crippen LogP contribution in [0.4, 0.5) is 0 Å². The summed E-state index contributed by atoms with van der Waals surface area (Å²) in [6.07, 6.45) is 0.153. The van der Waals surface area contributed by atoms with Gasteiger partial charge < -0.3 is 26.0 Å². The summed E-state index contributed by atoms with van der Waals surface area (Å²) in [5, 5.41) is 27.3. The number of piperidine rings is 1. The molecule has 0 spiro atoms. The van der Waals surface area contributed by atoms with Gasteiger partial charge in [0.15, 0.2) is 11.3 Å². The number of likely N-dealkylation sites (tertiary alicyclic amines) is 1. The molecular formula is C27H34N8O7S. The number of benzene rings is 2. The highest BCUT2D eigenvalue weighted by Gasteiger charge is 2.35. The van der Waals surface area contributed by atoms with Crippen molar-refractivity contribution in [3.63, 3.8) is 0 Å². The molecule has 15 nitrogen and oxygen atoms in total. The van der Waals surface area contributed by atoms with E-state index in [4.69, 9.17) is 15.7 Å². The zero-order valence-corrected chi connectivity index (χ0v) is 24.3. The molecule has 3 rings (SSSR count).